The SMILES string of the molecule is COc1cc(C=Nc2ccc(Oc3ccccc3)cc2)cc(Br)c1OCc1cccc(F)c1. The van der Waals surface area contributed by atoms with E-state index >= 15 is 0 Å². The molecule has 33 heavy (non-hydrogen) atoms. The van der Waals surface area contributed by atoms with Crippen LogP contribution in [0.25, 0.3) is 0 Å². The first-order chi connectivity index (χ1) is 16.1. The van der Waals surface area contributed by atoms with Gasteiger partial charge in [0, 0.05) is 6.21 Å². The van der Waals surface area contributed by atoms with Crippen molar-refractivity contribution in [2.24, 2.45) is 4.99 Å². The summed E-state index contributed by atoms with van der Waals surface area (Å²) in [7, 11) is 1.57. The number of ether oxygens (including phenoxy) is 3. The molecule has 0 N–H and O–H groups in total. The number of benzene rings is 4. The van der Waals surface area contributed by atoms with Crippen LogP contribution in [0.5, 0.6) is 23.0 Å². The first kappa shape index (κ1) is 22.6. The minimum atomic E-state index is -0.298. The van der Waals surface area contributed by atoms with Crippen molar-refractivity contribution < 1.29 is 18.6 Å². The van der Waals surface area contributed by atoms with Crippen LogP contribution in [-0.4, -0.2) is 13.3 Å². The summed E-state index contributed by atoms with van der Waals surface area (Å²) >= 11 is 3.54. The quantitative estimate of drug-likeness (QED) is 0.230. The number of halogens is 2. The maximum Gasteiger partial charge on any atom is 0.175 e. The molecule has 0 spiro atoms. The Hall–Kier alpha value is -3.64. The maximum atomic E-state index is 13.4. The van der Waals surface area contributed by atoms with Gasteiger partial charge in [-0.3, -0.25) is 4.99 Å². The van der Waals surface area contributed by atoms with E-state index in [9.17, 15) is 4.39 Å². The molecule has 4 rings (SSSR count). The summed E-state index contributed by atoms with van der Waals surface area (Å²) in [6.45, 7) is 0.220. The molecule has 0 unspecified atom stereocenters. The van der Waals surface area contributed by atoms with Crippen LogP contribution in [0.2, 0.25) is 0 Å². The predicted octanol–water partition coefficient (Wildman–Crippen LogP) is 7.72. The van der Waals surface area contributed by atoms with Crippen LogP contribution in [0, 0.1) is 5.82 Å². The Balaban J connectivity index is 1.45. The van der Waals surface area contributed by atoms with E-state index in [4.69, 9.17) is 14.2 Å². The van der Waals surface area contributed by atoms with Gasteiger partial charge in [0.2, 0.25) is 0 Å². The standard InChI is InChI=1S/C27H21BrFNO3/c1-31-26-16-20(15-25(28)27(26)32-18-19-6-5-7-21(29)14-19)17-30-22-10-12-24(13-11-22)33-23-8-3-2-4-9-23/h2-17H,18H2,1H3. The van der Waals surface area contributed by atoms with E-state index in [0.717, 1.165) is 28.3 Å². The number of rotatable bonds is 8. The summed E-state index contributed by atoms with van der Waals surface area (Å²) in [6.07, 6.45) is 1.75. The van der Waals surface area contributed by atoms with Gasteiger partial charge in [-0.15, -0.1) is 0 Å². The fourth-order valence-electron chi connectivity index (χ4n) is 3.11. The second-order valence-corrected chi connectivity index (χ2v) is 7.97. The first-order valence-electron chi connectivity index (χ1n) is 10.2. The summed E-state index contributed by atoms with van der Waals surface area (Å²) in [4.78, 5) is 4.53. The van der Waals surface area contributed by atoms with Crippen LogP contribution < -0.4 is 14.2 Å². The van der Waals surface area contributed by atoms with Crippen LogP contribution >= 0.6 is 15.9 Å². The first-order valence-corrected chi connectivity index (χ1v) is 11.0. The Kier molecular flexibility index (Phi) is 7.37. The van der Waals surface area contributed by atoms with Gasteiger partial charge in [0.05, 0.1) is 17.3 Å². The van der Waals surface area contributed by atoms with Crippen molar-refractivity contribution in [3.05, 3.63) is 112 Å². The summed E-state index contributed by atoms with van der Waals surface area (Å²) in [5.74, 6) is 2.32. The van der Waals surface area contributed by atoms with Gasteiger partial charge < -0.3 is 14.2 Å². The van der Waals surface area contributed by atoms with Crippen molar-refractivity contribution >= 4 is 27.8 Å². The third-order valence-electron chi connectivity index (χ3n) is 4.70. The molecule has 0 radical (unpaired) electrons. The fraction of sp³-hybridized carbons (Fsp3) is 0.0741. The average Bonchev–Trinajstić information content (AvgIpc) is 2.83. The summed E-state index contributed by atoms with van der Waals surface area (Å²) in [5.41, 5.74) is 2.35. The van der Waals surface area contributed by atoms with Crippen LogP contribution in [0.15, 0.2) is 100 Å². The normalized spacial score (nSPS) is 10.9. The zero-order valence-corrected chi connectivity index (χ0v) is 19.5. The highest BCUT2D eigenvalue weighted by Crippen LogP contribution is 2.37. The highest BCUT2D eigenvalue weighted by Gasteiger charge is 2.12. The third-order valence-corrected chi connectivity index (χ3v) is 5.29. The van der Waals surface area contributed by atoms with Gasteiger partial charge in [0.1, 0.15) is 23.9 Å². The molecular weight excluding hydrogens is 485 g/mol. The molecule has 0 aliphatic carbocycles. The summed E-state index contributed by atoms with van der Waals surface area (Å²) in [5, 5.41) is 0. The molecule has 0 heterocycles. The van der Waals surface area contributed by atoms with E-state index < -0.39 is 0 Å². The van der Waals surface area contributed by atoms with Crippen LogP contribution in [0.3, 0.4) is 0 Å². The topological polar surface area (TPSA) is 40.0 Å². The predicted molar refractivity (Wildman–Crippen MR) is 132 cm³/mol. The second kappa shape index (κ2) is 10.8. The monoisotopic (exact) mass is 505 g/mol. The van der Waals surface area contributed by atoms with Gasteiger partial charge in [-0.2, -0.15) is 0 Å². The summed E-state index contributed by atoms with van der Waals surface area (Å²) in [6, 6.07) is 27.2. The highest BCUT2D eigenvalue weighted by molar-refractivity contribution is 9.10. The smallest absolute Gasteiger partial charge is 0.175 e. The van der Waals surface area contributed by atoms with E-state index in [1.54, 1.807) is 25.5 Å². The number of hydrogen-bond acceptors (Lipinski definition) is 4. The molecule has 4 aromatic rings. The van der Waals surface area contributed by atoms with Crippen LogP contribution in [0.4, 0.5) is 10.1 Å². The van der Waals surface area contributed by atoms with Gasteiger partial charge >= 0.3 is 0 Å². The lowest BCUT2D eigenvalue weighted by atomic mass is 10.2. The highest BCUT2D eigenvalue weighted by atomic mass is 79.9. The Morgan fingerprint density at radius 2 is 1.64 bits per heavy atom. The number of methoxy groups -OCH3 is 1. The number of para-hydroxylation sites is 1. The van der Waals surface area contributed by atoms with Crippen LogP contribution in [-0.2, 0) is 6.61 Å². The van der Waals surface area contributed by atoms with E-state index in [1.807, 2.05) is 66.7 Å². The van der Waals surface area contributed by atoms with Crippen molar-refractivity contribution in [2.45, 2.75) is 6.61 Å². The van der Waals surface area contributed by atoms with Gasteiger partial charge in [-0.1, -0.05) is 30.3 Å². The molecule has 0 fully saturated rings. The molecule has 4 nitrogen and oxygen atoms in total. The van der Waals surface area contributed by atoms with E-state index in [-0.39, 0.29) is 12.4 Å². The molecule has 0 aliphatic heterocycles. The molecule has 0 bridgehead atoms. The lowest BCUT2D eigenvalue weighted by molar-refractivity contribution is 0.282. The van der Waals surface area contributed by atoms with Crippen molar-refractivity contribution in [1.29, 1.82) is 0 Å². The van der Waals surface area contributed by atoms with Gasteiger partial charge in [0.25, 0.3) is 0 Å². The molecule has 0 aromatic heterocycles. The molecule has 166 valence electrons. The Labute approximate surface area is 200 Å². The summed E-state index contributed by atoms with van der Waals surface area (Å²) < 4.78 is 31.3. The molecular formula is C27H21BrFNO3. The van der Waals surface area contributed by atoms with Gasteiger partial charge in [-0.25, -0.2) is 4.39 Å². The largest absolute Gasteiger partial charge is 0.493 e. The fourth-order valence-corrected chi connectivity index (χ4v) is 3.68. The molecule has 0 atom stereocenters. The Morgan fingerprint density at radius 3 is 2.36 bits per heavy atom. The van der Waals surface area contributed by atoms with Crippen molar-refractivity contribution in [1.82, 2.24) is 0 Å². The molecule has 0 aliphatic rings. The average molecular weight is 506 g/mol. The van der Waals surface area contributed by atoms with E-state index in [1.165, 1.54) is 12.1 Å². The second-order valence-electron chi connectivity index (χ2n) is 7.12. The molecule has 6 heteroatoms. The van der Waals surface area contributed by atoms with E-state index in [0.29, 0.717) is 16.0 Å². The number of hydrogen-bond donors (Lipinski definition) is 0. The zero-order chi connectivity index (χ0) is 23.0. The van der Waals surface area contributed by atoms with Crippen molar-refractivity contribution in [3.8, 4) is 23.0 Å². The van der Waals surface area contributed by atoms with Gasteiger partial charge in [-0.05, 0) is 87.7 Å². The molecule has 0 saturated carbocycles. The third kappa shape index (κ3) is 6.20. The zero-order valence-electron chi connectivity index (χ0n) is 17.9. The lowest BCUT2D eigenvalue weighted by Crippen LogP contribution is -2.00. The van der Waals surface area contributed by atoms with Gasteiger partial charge in [0.15, 0.2) is 11.5 Å². The lowest BCUT2D eigenvalue weighted by Gasteiger charge is -2.13. The molecule has 4 aromatic carbocycles. The molecule has 0 amide bonds. The minimum absolute atomic E-state index is 0.220. The maximum absolute atomic E-state index is 13.4. The minimum Gasteiger partial charge on any atom is -0.493 e. The van der Waals surface area contributed by atoms with Crippen molar-refractivity contribution in [2.75, 3.05) is 7.11 Å². The number of aliphatic imine (C=N–C) groups is 1. The number of nitrogens with zero attached hydrogens (tertiary/aromatic N) is 1. The Bertz CT molecular complexity index is 1240. The van der Waals surface area contributed by atoms with E-state index in [2.05, 4.69) is 20.9 Å². The molecule has 0 saturated heterocycles. The van der Waals surface area contributed by atoms with Crippen molar-refractivity contribution in [3.63, 3.8) is 0 Å². The Morgan fingerprint density at radius 1 is 0.879 bits per heavy atom. The van der Waals surface area contributed by atoms with Crippen LogP contribution in [0.1, 0.15) is 11.1 Å².